The smallest absolute Gasteiger partial charge is 0.326 e. The number of carboxylic acids is 1. The summed E-state index contributed by atoms with van der Waals surface area (Å²) in [5.74, 6) is -0.682. The van der Waals surface area contributed by atoms with Crippen molar-refractivity contribution in [3.63, 3.8) is 0 Å². The third-order valence-electron chi connectivity index (χ3n) is 5.91. The van der Waals surface area contributed by atoms with Gasteiger partial charge < -0.3 is 20.3 Å². The summed E-state index contributed by atoms with van der Waals surface area (Å²) in [6, 6.07) is 9.54. The number of anilines is 1. The third kappa shape index (κ3) is 5.54. The Labute approximate surface area is 205 Å². The fourth-order valence-corrected chi connectivity index (χ4v) is 3.90. The second-order valence-corrected chi connectivity index (χ2v) is 8.58. The Balaban J connectivity index is 1.43. The number of benzene rings is 2. The Morgan fingerprint density at radius 2 is 1.92 bits per heavy atom. The van der Waals surface area contributed by atoms with Gasteiger partial charge in [0.1, 0.15) is 11.9 Å². The van der Waals surface area contributed by atoms with Gasteiger partial charge in [0.15, 0.2) is 5.82 Å². The number of fused-ring (bicyclic) bond motifs is 1. The number of hydrogen-bond acceptors (Lipinski definition) is 8. The van der Waals surface area contributed by atoms with E-state index >= 15 is 0 Å². The number of hydrogen-bond donors (Lipinski definition) is 4. The van der Waals surface area contributed by atoms with E-state index in [1.807, 2.05) is 31.0 Å². The molecular weight excluding hydrogens is 464 g/mol. The number of aliphatic carboxylic acids is 1. The van der Waals surface area contributed by atoms with E-state index in [0.29, 0.717) is 34.7 Å². The molecule has 2 heterocycles. The minimum Gasteiger partial charge on any atom is -0.480 e. The first kappa shape index (κ1) is 24.5. The summed E-state index contributed by atoms with van der Waals surface area (Å²) < 4.78 is 0. The lowest BCUT2D eigenvalue weighted by molar-refractivity contribution is -0.139. The molecule has 2 aromatic carbocycles. The van der Waals surface area contributed by atoms with Gasteiger partial charge in [0, 0.05) is 31.3 Å². The number of H-pyrrole nitrogens is 2. The lowest BCUT2D eigenvalue weighted by Crippen LogP contribution is -2.41. The number of rotatable bonds is 9. The Bertz CT molecular complexity index is 1450. The predicted octanol–water partition coefficient (Wildman–Crippen LogP) is 1.51. The summed E-state index contributed by atoms with van der Waals surface area (Å²) in [6.45, 7) is 4.27. The first-order chi connectivity index (χ1) is 17.2. The molecular formula is C24H26N8O4. The summed E-state index contributed by atoms with van der Waals surface area (Å²) in [4.78, 5) is 45.7. The maximum absolute atomic E-state index is 12.6. The molecule has 0 aliphatic heterocycles. The van der Waals surface area contributed by atoms with E-state index in [9.17, 15) is 19.5 Å². The second kappa shape index (κ2) is 10.3. The molecule has 0 aliphatic carbocycles. The van der Waals surface area contributed by atoms with E-state index in [2.05, 4.69) is 35.9 Å². The van der Waals surface area contributed by atoms with Crippen molar-refractivity contribution in [3.8, 4) is 0 Å². The van der Waals surface area contributed by atoms with Crippen LogP contribution < -0.4 is 15.8 Å². The number of carboxylic acid groups (broad SMARTS) is 1. The number of carbonyl (C=O) groups excluding carboxylic acids is 1. The molecule has 4 N–H and O–H groups in total. The molecule has 0 fully saturated rings. The van der Waals surface area contributed by atoms with Gasteiger partial charge in [-0.05, 0) is 67.8 Å². The molecule has 4 rings (SSSR count). The molecule has 0 unspecified atom stereocenters. The molecule has 12 nitrogen and oxygen atoms in total. The highest BCUT2D eigenvalue weighted by Crippen LogP contribution is 2.21. The average molecular weight is 491 g/mol. The van der Waals surface area contributed by atoms with Gasteiger partial charge in [-0.3, -0.25) is 9.59 Å². The topological polar surface area (TPSA) is 170 Å². The molecule has 12 heteroatoms. The largest absolute Gasteiger partial charge is 0.480 e. The van der Waals surface area contributed by atoms with Crippen LogP contribution in [0.1, 0.15) is 39.6 Å². The van der Waals surface area contributed by atoms with Crippen molar-refractivity contribution < 1.29 is 14.7 Å². The van der Waals surface area contributed by atoms with Crippen molar-refractivity contribution in [1.29, 1.82) is 0 Å². The molecule has 0 saturated heterocycles. The minimum absolute atomic E-state index is 0.129. The molecule has 2 aromatic heterocycles. The Kier molecular flexibility index (Phi) is 7.04. The van der Waals surface area contributed by atoms with Crippen molar-refractivity contribution >= 4 is 28.5 Å². The van der Waals surface area contributed by atoms with Crippen LogP contribution in [0.3, 0.4) is 0 Å². The Hall–Kier alpha value is -4.61. The van der Waals surface area contributed by atoms with Gasteiger partial charge in [-0.1, -0.05) is 5.21 Å². The normalized spacial score (nSPS) is 11.9. The maximum Gasteiger partial charge on any atom is 0.326 e. The van der Waals surface area contributed by atoms with Gasteiger partial charge >= 0.3 is 5.97 Å². The van der Waals surface area contributed by atoms with Crippen molar-refractivity contribution in [2.45, 2.75) is 39.3 Å². The van der Waals surface area contributed by atoms with Gasteiger partial charge in [0.2, 0.25) is 0 Å². The number of aromatic amines is 2. The highest BCUT2D eigenvalue weighted by molar-refractivity contribution is 5.96. The monoisotopic (exact) mass is 490 g/mol. The standard InChI is InChI=1S/C24H26N8O4/c1-13-10-20-18(23(34)26-14(2)25-20)11-16(13)12-32(3)17-6-4-15(5-7-17)22(33)27-19(24(35)36)8-9-21-28-30-31-29-21/h4-7,10-11,19H,8-9,12H2,1-3H3,(H,27,33)(H,35,36)(H,25,26,34)(H,28,29,30,31)/t19-/m0/s1. The van der Waals surface area contributed by atoms with Gasteiger partial charge in [0.05, 0.1) is 10.9 Å². The number of tetrazole rings is 1. The van der Waals surface area contributed by atoms with E-state index in [0.717, 1.165) is 16.8 Å². The van der Waals surface area contributed by atoms with Crippen molar-refractivity contribution in [2.24, 2.45) is 0 Å². The van der Waals surface area contributed by atoms with Gasteiger partial charge in [-0.15, -0.1) is 10.2 Å². The lowest BCUT2D eigenvalue weighted by atomic mass is 10.0. The number of amides is 1. The number of aromatic nitrogens is 6. The zero-order chi connectivity index (χ0) is 25.8. The lowest BCUT2D eigenvalue weighted by Gasteiger charge is -2.21. The Morgan fingerprint density at radius 3 is 2.58 bits per heavy atom. The summed E-state index contributed by atoms with van der Waals surface area (Å²) in [5.41, 5.74) is 3.68. The maximum atomic E-state index is 12.6. The summed E-state index contributed by atoms with van der Waals surface area (Å²) in [6.07, 6.45) is 0.387. The average Bonchev–Trinajstić information content (AvgIpc) is 3.36. The SMILES string of the molecule is Cc1nc2cc(C)c(CN(C)c3ccc(C(=O)N[C@@H](CCc4nn[nH]n4)C(=O)O)cc3)cc2c(=O)[nH]1. The molecule has 1 atom stereocenters. The molecule has 36 heavy (non-hydrogen) atoms. The van der Waals surface area contributed by atoms with E-state index in [1.165, 1.54) is 0 Å². The van der Waals surface area contributed by atoms with Crippen molar-refractivity contribution in [2.75, 3.05) is 11.9 Å². The van der Waals surface area contributed by atoms with E-state index in [-0.39, 0.29) is 18.4 Å². The van der Waals surface area contributed by atoms with Gasteiger partial charge in [-0.25, -0.2) is 9.78 Å². The Morgan fingerprint density at radius 1 is 1.17 bits per heavy atom. The number of aryl methyl sites for hydroxylation is 3. The van der Waals surface area contributed by atoms with Crippen molar-refractivity contribution in [3.05, 3.63) is 75.1 Å². The minimum atomic E-state index is -1.14. The van der Waals surface area contributed by atoms with Crippen LogP contribution >= 0.6 is 0 Å². The summed E-state index contributed by atoms with van der Waals surface area (Å²) in [7, 11) is 1.91. The fourth-order valence-electron chi connectivity index (χ4n) is 3.90. The molecule has 0 aliphatic rings. The number of carbonyl (C=O) groups is 2. The van der Waals surface area contributed by atoms with Crippen LogP contribution in [0.15, 0.2) is 41.2 Å². The third-order valence-corrected chi connectivity index (χ3v) is 5.91. The highest BCUT2D eigenvalue weighted by atomic mass is 16.4. The number of nitrogens with one attached hydrogen (secondary N) is 3. The number of nitrogens with zero attached hydrogens (tertiary/aromatic N) is 5. The zero-order valence-corrected chi connectivity index (χ0v) is 20.1. The van der Waals surface area contributed by atoms with Crippen LogP contribution in [0.2, 0.25) is 0 Å². The fraction of sp³-hybridized carbons (Fsp3) is 0.292. The second-order valence-electron chi connectivity index (χ2n) is 8.58. The molecule has 4 aromatic rings. The predicted molar refractivity (Wildman–Crippen MR) is 132 cm³/mol. The quantitative estimate of drug-likeness (QED) is 0.271. The van der Waals surface area contributed by atoms with Crippen LogP contribution in [0, 0.1) is 13.8 Å². The highest BCUT2D eigenvalue weighted by Gasteiger charge is 2.21. The molecule has 0 bridgehead atoms. The summed E-state index contributed by atoms with van der Waals surface area (Å²) in [5, 5.41) is 25.9. The zero-order valence-electron chi connectivity index (χ0n) is 20.1. The van der Waals surface area contributed by atoms with Crippen LogP contribution in [-0.2, 0) is 17.8 Å². The van der Waals surface area contributed by atoms with Gasteiger partial charge in [-0.2, -0.15) is 5.21 Å². The van der Waals surface area contributed by atoms with E-state index in [4.69, 9.17) is 0 Å². The van der Waals surface area contributed by atoms with Gasteiger partial charge in [0.25, 0.3) is 11.5 Å². The van der Waals surface area contributed by atoms with E-state index in [1.54, 1.807) is 31.2 Å². The van der Waals surface area contributed by atoms with E-state index < -0.39 is 17.9 Å². The molecule has 0 radical (unpaired) electrons. The van der Waals surface area contributed by atoms with Crippen LogP contribution in [0.25, 0.3) is 10.9 Å². The first-order valence-corrected chi connectivity index (χ1v) is 11.3. The molecule has 186 valence electrons. The molecule has 0 spiro atoms. The molecule has 1 amide bonds. The van der Waals surface area contributed by atoms with Crippen LogP contribution in [0.5, 0.6) is 0 Å². The molecule has 0 saturated carbocycles. The van der Waals surface area contributed by atoms with Crippen LogP contribution in [-0.4, -0.2) is 60.7 Å². The van der Waals surface area contributed by atoms with Crippen LogP contribution in [0.4, 0.5) is 5.69 Å². The summed E-state index contributed by atoms with van der Waals surface area (Å²) >= 11 is 0. The van der Waals surface area contributed by atoms with Crippen molar-refractivity contribution in [1.82, 2.24) is 35.9 Å². The first-order valence-electron chi connectivity index (χ1n) is 11.3.